The first kappa shape index (κ1) is 17.7. The van der Waals surface area contributed by atoms with E-state index in [-0.39, 0.29) is 11.9 Å². The monoisotopic (exact) mass is 372 g/mol. The van der Waals surface area contributed by atoms with Crippen LogP contribution in [0.3, 0.4) is 0 Å². The van der Waals surface area contributed by atoms with Crippen molar-refractivity contribution in [1.29, 1.82) is 0 Å². The quantitative estimate of drug-likeness (QED) is 0.520. The van der Waals surface area contributed by atoms with E-state index in [0.717, 1.165) is 22.3 Å². The molecule has 0 bridgehead atoms. The van der Waals surface area contributed by atoms with Gasteiger partial charge in [0.15, 0.2) is 0 Å². The van der Waals surface area contributed by atoms with E-state index in [0.29, 0.717) is 12.2 Å². The van der Waals surface area contributed by atoms with Crippen LogP contribution >= 0.6 is 0 Å². The highest BCUT2D eigenvalue weighted by Crippen LogP contribution is 2.23. The minimum Gasteiger partial charge on any atom is -0.459 e. The van der Waals surface area contributed by atoms with Gasteiger partial charge in [0, 0.05) is 11.5 Å². The van der Waals surface area contributed by atoms with Crippen LogP contribution in [0.25, 0.3) is 17.0 Å². The van der Waals surface area contributed by atoms with Crippen molar-refractivity contribution in [1.82, 2.24) is 20.3 Å². The number of carbonyl (C=O) groups excluding carboxylic acids is 1. The largest absolute Gasteiger partial charge is 0.459 e. The van der Waals surface area contributed by atoms with Crippen LogP contribution in [0.5, 0.6) is 0 Å². The van der Waals surface area contributed by atoms with E-state index < -0.39 is 0 Å². The van der Waals surface area contributed by atoms with Crippen molar-refractivity contribution in [2.24, 2.45) is 0 Å². The lowest BCUT2D eigenvalue weighted by molar-refractivity contribution is -0.117. The fourth-order valence-corrected chi connectivity index (χ4v) is 2.95. The number of carbonyl (C=O) groups is 1. The summed E-state index contributed by atoms with van der Waals surface area (Å²) in [5, 5.41) is 12.1. The summed E-state index contributed by atoms with van der Waals surface area (Å²) in [6, 6.07) is 19.5. The first-order valence-electron chi connectivity index (χ1n) is 9.08. The van der Waals surface area contributed by atoms with Gasteiger partial charge in [-0.2, -0.15) is 0 Å². The van der Waals surface area contributed by atoms with Gasteiger partial charge >= 0.3 is 0 Å². The average molecular weight is 372 g/mol. The Morgan fingerprint density at radius 2 is 1.96 bits per heavy atom. The van der Waals surface area contributed by atoms with Gasteiger partial charge in [-0.1, -0.05) is 53.7 Å². The van der Waals surface area contributed by atoms with Gasteiger partial charge < -0.3 is 9.73 Å². The molecular weight excluding hydrogens is 352 g/mol. The number of benzene rings is 2. The van der Waals surface area contributed by atoms with Gasteiger partial charge in [-0.15, -0.1) is 5.10 Å². The number of aromatic nitrogens is 3. The molecule has 140 valence electrons. The molecule has 1 N–H and O–H groups in total. The first-order valence-corrected chi connectivity index (χ1v) is 9.08. The van der Waals surface area contributed by atoms with E-state index in [1.165, 1.54) is 6.08 Å². The molecule has 0 radical (unpaired) electrons. The molecule has 6 heteroatoms. The molecule has 2 aromatic carbocycles. The maximum atomic E-state index is 12.2. The highest BCUT2D eigenvalue weighted by molar-refractivity contribution is 5.91. The summed E-state index contributed by atoms with van der Waals surface area (Å²) >= 11 is 0. The number of hydrogen-bond donors (Lipinski definition) is 1. The molecule has 28 heavy (non-hydrogen) atoms. The summed E-state index contributed by atoms with van der Waals surface area (Å²) in [5.41, 5.74) is 2.58. The third-order valence-electron chi connectivity index (χ3n) is 4.38. The van der Waals surface area contributed by atoms with Crippen LogP contribution in [0.15, 0.2) is 77.4 Å². The zero-order valence-corrected chi connectivity index (χ0v) is 15.4. The van der Waals surface area contributed by atoms with E-state index in [2.05, 4.69) is 15.6 Å². The Bertz CT molecular complexity index is 1080. The van der Waals surface area contributed by atoms with Crippen LogP contribution in [-0.2, 0) is 11.3 Å². The predicted molar refractivity (Wildman–Crippen MR) is 107 cm³/mol. The summed E-state index contributed by atoms with van der Waals surface area (Å²) in [6.45, 7) is 2.52. The highest BCUT2D eigenvalue weighted by Gasteiger charge is 2.12. The van der Waals surface area contributed by atoms with Gasteiger partial charge in [0.05, 0.1) is 18.8 Å². The van der Waals surface area contributed by atoms with Crippen molar-refractivity contribution in [3.8, 4) is 0 Å². The molecule has 4 rings (SSSR count). The Morgan fingerprint density at radius 3 is 2.79 bits per heavy atom. The minimum absolute atomic E-state index is 0.217. The molecule has 2 heterocycles. The fourth-order valence-electron chi connectivity index (χ4n) is 2.95. The van der Waals surface area contributed by atoms with Crippen molar-refractivity contribution in [3.05, 3.63) is 90.0 Å². The Labute approximate surface area is 162 Å². The van der Waals surface area contributed by atoms with Gasteiger partial charge in [-0.3, -0.25) is 4.79 Å². The van der Waals surface area contributed by atoms with E-state index in [1.807, 2.05) is 67.6 Å². The number of nitrogens with one attached hydrogen (secondary N) is 1. The topological polar surface area (TPSA) is 73.0 Å². The van der Waals surface area contributed by atoms with Crippen LogP contribution < -0.4 is 5.32 Å². The molecule has 0 aliphatic heterocycles. The van der Waals surface area contributed by atoms with Crippen molar-refractivity contribution in [2.45, 2.75) is 19.5 Å². The summed E-state index contributed by atoms with van der Waals surface area (Å²) in [4.78, 5) is 12.2. The van der Waals surface area contributed by atoms with Gasteiger partial charge in [-0.05, 0) is 30.7 Å². The number of para-hydroxylation sites is 1. The van der Waals surface area contributed by atoms with Crippen molar-refractivity contribution in [2.75, 3.05) is 0 Å². The summed E-state index contributed by atoms with van der Waals surface area (Å²) < 4.78 is 7.53. The van der Waals surface area contributed by atoms with Crippen LogP contribution in [-0.4, -0.2) is 20.9 Å². The van der Waals surface area contributed by atoms with Gasteiger partial charge in [0.1, 0.15) is 17.0 Å². The highest BCUT2D eigenvalue weighted by atomic mass is 16.3. The second-order valence-corrected chi connectivity index (χ2v) is 6.58. The Hall–Kier alpha value is -3.67. The second-order valence-electron chi connectivity index (χ2n) is 6.58. The molecule has 1 atom stereocenters. The fraction of sp³-hybridized carbons (Fsp3) is 0.136. The molecule has 0 aliphatic rings. The SMILES string of the molecule is C[C@H](NC(=O)/C=C/c1cn(Cc2ccccc2)nn1)c1cc2ccccc2o1. The molecule has 0 saturated carbocycles. The first-order chi connectivity index (χ1) is 13.7. The van der Waals surface area contributed by atoms with E-state index in [4.69, 9.17) is 4.42 Å². The molecular formula is C22H20N4O2. The smallest absolute Gasteiger partial charge is 0.244 e. The summed E-state index contributed by atoms with van der Waals surface area (Å²) in [7, 11) is 0. The Morgan fingerprint density at radius 1 is 1.18 bits per heavy atom. The lowest BCUT2D eigenvalue weighted by Gasteiger charge is -2.08. The van der Waals surface area contributed by atoms with Gasteiger partial charge in [0.25, 0.3) is 0 Å². The standard InChI is InChI=1S/C22H20N4O2/c1-16(21-13-18-9-5-6-10-20(18)28-21)23-22(27)12-11-19-15-26(25-24-19)14-17-7-3-2-4-8-17/h2-13,15-16H,14H2,1H3,(H,23,27)/b12-11+/t16-/m0/s1. The van der Waals surface area contributed by atoms with Crippen molar-refractivity contribution >= 4 is 23.0 Å². The third kappa shape index (κ3) is 4.17. The minimum atomic E-state index is -0.238. The van der Waals surface area contributed by atoms with E-state index in [1.54, 1.807) is 17.0 Å². The second kappa shape index (κ2) is 7.92. The predicted octanol–water partition coefficient (Wildman–Crippen LogP) is 3.96. The molecule has 4 aromatic rings. The number of furan rings is 1. The molecule has 2 aromatic heterocycles. The maximum Gasteiger partial charge on any atom is 0.244 e. The summed E-state index contributed by atoms with van der Waals surface area (Å²) in [5.74, 6) is 0.502. The third-order valence-corrected chi connectivity index (χ3v) is 4.38. The van der Waals surface area contributed by atoms with Crippen molar-refractivity contribution < 1.29 is 9.21 Å². The molecule has 0 spiro atoms. The number of rotatable bonds is 6. The number of nitrogens with zero attached hydrogens (tertiary/aromatic N) is 3. The molecule has 0 saturated heterocycles. The number of amides is 1. The Balaban J connectivity index is 1.36. The van der Waals surface area contributed by atoms with E-state index in [9.17, 15) is 4.79 Å². The van der Waals surface area contributed by atoms with Crippen LogP contribution in [0.2, 0.25) is 0 Å². The van der Waals surface area contributed by atoms with Crippen molar-refractivity contribution in [3.63, 3.8) is 0 Å². The average Bonchev–Trinajstić information content (AvgIpc) is 3.34. The molecule has 0 aliphatic carbocycles. The zero-order chi connectivity index (χ0) is 19.3. The number of hydrogen-bond acceptors (Lipinski definition) is 4. The zero-order valence-electron chi connectivity index (χ0n) is 15.4. The molecule has 0 unspecified atom stereocenters. The maximum absolute atomic E-state index is 12.2. The van der Waals surface area contributed by atoms with Gasteiger partial charge in [-0.25, -0.2) is 4.68 Å². The lowest BCUT2D eigenvalue weighted by Crippen LogP contribution is -2.24. The molecule has 6 nitrogen and oxygen atoms in total. The van der Waals surface area contributed by atoms with Crippen LogP contribution in [0.4, 0.5) is 0 Å². The molecule has 1 amide bonds. The number of fused-ring (bicyclic) bond motifs is 1. The van der Waals surface area contributed by atoms with E-state index >= 15 is 0 Å². The van der Waals surface area contributed by atoms with Crippen LogP contribution in [0, 0.1) is 0 Å². The Kier molecular flexibility index (Phi) is 5.01. The summed E-state index contributed by atoms with van der Waals surface area (Å²) in [6.07, 6.45) is 4.91. The molecule has 0 fully saturated rings. The normalized spacial score (nSPS) is 12.5. The van der Waals surface area contributed by atoms with Gasteiger partial charge in [0.2, 0.25) is 5.91 Å². The van der Waals surface area contributed by atoms with Crippen LogP contribution in [0.1, 0.15) is 30.0 Å². The lowest BCUT2D eigenvalue weighted by atomic mass is 10.2.